The summed E-state index contributed by atoms with van der Waals surface area (Å²) in [5.41, 5.74) is 1.89. The van der Waals surface area contributed by atoms with Gasteiger partial charge in [0.2, 0.25) is 10.0 Å². The summed E-state index contributed by atoms with van der Waals surface area (Å²) in [6.07, 6.45) is 0.101. The number of aromatic nitrogens is 1. The second kappa shape index (κ2) is 9.95. The molecule has 1 saturated heterocycles. The third kappa shape index (κ3) is 5.42. The lowest BCUT2D eigenvalue weighted by atomic mass is 10.0. The first kappa shape index (κ1) is 22.8. The van der Waals surface area contributed by atoms with Crippen LogP contribution in [0.4, 0.5) is 0 Å². The van der Waals surface area contributed by atoms with Crippen molar-refractivity contribution in [2.24, 2.45) is 0 Å². The number of pyridine rings is 1. The number of sulfonamides is 1. The van der Waals surface area contributed by atoms with Gasteiger partial charge in [0.1, 0.15) is 12.2 Å². The van der Waals surface area contributed by atoms with Gasteiger partial charge in [0.05, 0.1) is 23.6 Å². The summed E-state index contributed by atoms with van der Waals surface area (Å²) in [7, 11) is -1.86. The van der Waals surface area contributed by atoms with Gasteiger partial charge in [0.15, 0.2) is 0 Å². The summed E-state index contributed by atoms with van der Waals surface area (Å²) in [5, 5.41) is 20.2. The minimum Gasteiger partial charge on any atom is -0.394 e. The summed E-state index contributed by atoms with van der Waals surface area (Å²) in [6.45, 7) is 2.13. The molecule has 1 fully saturated rings. The maximum absolute atomic E-state index is 12.6. The van der Waals surface area contributed by atoms with Gasteiger partial charge in [-0.25, -0.2) is 13.1 Å². The Bertz CT molecular complexity index is 908. The van der Waals surface area contributed by atoms with Gasteiger partial charge in [-0.2, -0.15) is 0 Å². The molecule has 1 aromatic heterocycles. The van der Waals surface area contributed by atoms with Gasteiger partial charge in [0, 0.05) is 31.4 Å². The van der Waals surface area contributed by atoms with Gasteiger partial charge in [-0.3, -0.25) is 9.88 Å². The lowest BCUT2D eigenvalue weighted by Crippen LogP contribution is -2.50. The fraction of sp³-hybridized carbons (Fsp3) is 0.476. The molecule has 2 aromatic rings. The molecule has 30 heavy (non-hydrogen) atoms. The molecule has 3 N–H and O–H groups in total. The normalized spacial score (nSPS) is 24.4. The summed E-state index contributed by atoms with van der Waals surface area (Å²) in [4.78, 5) is 6.40. The molecule has 1 aromatic carbocycles. The highest BCUT2D eigenvalue weighted by Gasteiger charge is 2.45. The number of aryl methyl sites for hydroxylation is 1. The van der Waals surface area contributed by atoms with E-state index in [1.165, 1.54) is 0 Å². The Hall–Kier alpha value is -1.88. The molecule has 1 aliphatic rings. The van der Waals surface area contributed by atoms with E-state index in [0.717, 1.165) is 11.3 Å². The maximum atomic E-state index is 12.6. The van der Waals surface area contributed by atoms with E-state index in [1.54, 1.807) is 30.5 Å². The van der Waals surface area contributed by atoms with E-state index < -0.39 is 34.4 Å². The van der Waals surface area contributed by atoms with Crippen molar-refractivity contribution >= 4 is 10.0 Å². The number of aliphatic hydroxyl groups is 2. The van der Waals surface area contributed by atoms with E-state index >= 15 is 0 Å². The SMILES string of the molecule is Cc1ccc(S(=O)(=O)NCC2OC(CO)C(O)C2N(C)CCc2ccccn2)cc1. The molecule has 8 nitrogen and oxygen atoms in total. The minimum atomic E-state index is -3.71. The van der Waals surface area contributed by atoms with Crippen molar-refractivity contribution in [3.63, 3.8) is 0 Å². The van der Waals surface area contributed by atoms with Gasteiger partial charge in [-0.15, -0.1) is 0 Å². The van der Waals surface area contributed by atoms with Crippen molar-refractivity contribution < 1.29 is 23.4 Å². The highest BCUT2D eigenvalue weighted by Crippen LogP contribution is 2.25. The molecule has 4 unspecified atom stereocenters. The highest BCUT2D eigenvalue weighted by atomic mass is 32.2. The number of benzene rings is 1. The van der Waals surface area contributed by atoms with Gasteiger partial charge in [-0.05, 0) is 38.2 Å². The second-order valence-electron chi connectivity index (χ2n) is 7.59. The fourth-order valence-electron chi connectivity index (χ4n) is 3.67. The Morgan fingerprint density at radius 3 is 2.53 bits per heavy atom. The Labute approximate surface area is 177 Å². The van der Waals surface area contributed by atoms with Crippen molar-refractivity contribution in [1.29, 1.82) is 0 Å². The van der Waals surface area contributed by atoms with E-state index in [0.29, 0.717) is 13.0 Å². The minimum absolute atomic E-state index is 0.0115. The molecular weight excluding hydrogens is 406 g/mol. The van der Waals surface area contributed by atoms with Gasteiger partial charge in [0.25, 0.3) is 0 Å². The number of nitrogens with one attached hydrogen (secondary N) is 1. The van der Waals surface area contributed by atoms with E-state index in [2.05, 4.69) is 9.71 Å². The molecule has 0 aliphatic carbocycles. The van der Waals surface area contributed by atoms with Crippen LogP contribution in [0.1, 0.15) is 11.3 Å². The topological polar surface area (TPSA) is 112 Å². The maximum Gasteiger partial charge on any atom is 0.240 e. The third-order valence-corrected chi connectivity index (χ3v) is 6.84. The first-order chi connectivity index (χ1) is 14.3. The lowest BCUT2D eigenvalue weighted by molar-refractivity contribution is -0.0201. The van der Waals surface area contributed by atoms with Gasteiger partial charge in [-0.1, -0.05) is 23.8 Å². The van der Waals surface area contributed by atoms with Crippen LogP contribution in [0.2, 0.25) is 0 Å². The van der Waals surface area contributed by atoms with Crippen LogP contribution in [0.3, 0.4) is 0 Å². The molecule has 0 spiro atoms. The van der Waals surface area contributed by atoms with Crippen LogP contribution in [0, 0.1) is 6.92 Å². The first-order valence-corrected chi connectivity index (χ1v) is 11.4. The largest absolute Gasteiger partial charge is 0.394 e. The van der Waals surface area contributed by atoms with Crippen LogP contribution in [0.5, 0.6) is 0 Å². The Balaban J connectivity index is 1.67. The molecule has 3 rings (SSSR count). The number of hydrogen-bond acceptors (Lipinski definition) is 7. The van der Waals surface area contributed by atoms with Crippen LogP contribution in [0.15, 0.2) is 53.6 Å². The summed E-state index contributed by atoms with van der Waals surface area (Å²) >= 11 is 0. The van der Waals surface area contributed by atoms with E-state index in [-0.39, 0.29) is 18.0 Å². The zero-order chi connectivity index (χ0) is 21.7. The quantitative estimate of drug-likeness (QED) is 0.520. The number of nitrogens with zero attached hydrogens (tertiary/aromatic N) is 2. The fourth-order valence-corrected chi connectivity index (χ4v) is 4.71. The number of rotatable bonds is 9. The van der Waals surface area contributed by atoms with E-state index in [1.807, 2.05) is 37.1 Å². The number of likely N-dealkylation sites (N-methyl/N-ethyl adjacent to an activating group) is 1. The third-order valence-electron chi connectivity index (χ3n) is 5.40. The van der Waals surface area contributed by atoms with E-state index in [4.69, 9.17) is 4.74 Å². The molecule has 164 valence electrons. The molecule has 4 atom stereocenters. The second-order valence-corrected chi connectivity index (χ2v) is 9.36. The number of ether oxygens (including phenoxy) is 1. The zero-order valence-electron chi connectivity index (χ0n) is 17.2. The average Bonchev–Trinajstić information content (AvgIpc) is 3.07. The van der Waals surface area contributed by atoms with Crippen LogP contribution in [-0.2, 0) is 21.2 Å². The molecular formula is C21H29N3O5S. The van der Waals surface area contributed by atoms with Crippen LogP contribution < -0.4 is 4.72 Å². The molecule has 0 bridgehead atoms. The molecule has 9 heteroatoms. The predicted octanol–water partition coefficient (Wildman–Crippen LogP) is 0.332. The van der Waals surface area contributed by atoms with Gasteiger partial charge < -0.3 is 14.9 Å². The predicted molar refractivity (Wildman–Crippen MR) is 112 cm³/mol. The average molecular weight is 436 g/mol. The molecule has 0 amide bonds. The Kier molecular flexibility index (Phi) is 7.56. The molecule has 0 saturated carbocycles. The van der Waals surface area contributed by atoms with Crippen LogP contribution >= 0.6 is 0 Å². The Morgan fingerprint density at radius 1 is 1.17 bits per heavy atom. The highest BCUT2D eigenvalue weighted by molar-refractivity contribution is 7.89. The van der Waals surface area contributed by atoms with Crippen molar-refractivity contribution in [2.75, 3.05) is 26.7 Å². The first-order valence-electron chi connectivity index (χ1n) is 9.92. The van der Waals surface area contributed by atoms with Crippen LogP contribution in [0.25, 0.3) is 0 Å². The smallest absolute Gasteiger partial charge is 0.240 e. The standard InChI is InChI=1S/C21H29N3O5S/c1-15-6-8-17(9-7-15)30(27,28)23-13-18-20(21(26)19(14-25)29-18)24(2)12-10-16-5-3-4-11-22-16/h3-9,11,18-21,23,25-26H,10,12-14H2,1-2H3. The number of aliphatic hydroxyl groups excluding tert-OH is 2. The summed E-state index contributed by atoms with van der Waals surface area (Å²) in [6, 6.07) is 11.8. The van der Waals surface area contributed by atoms with Crippen molar-refractivity contribution in [3.8, 4) is 0 Å². The summed E-state index contributed by atoms with van der Waals surface area (Å²) < 4.78 is 33.6. The summed E-state index contributed by atoms with van der Waals surface area (Å²) in [5.74, 6) is 0. The van der Waals surface area contributed by atoms with Gasteiger partial charge >= 0.3 is 0 Å². The lowest BCUT2D eigenvalue weighted by Gasteiger charge is -2.30. The molecule has 2 heterocycles. The van der Waals surface area contributed by atoms with E-state index in [9.17, 15) is 18.6 Å². The van der Waals surface area contributed by atoms with Crippen molar-refractivity contribution in [2.45, 2.75) is 42.6 Å². The monoisotopic (exact) mass is 435 g/mol. The van der Waals surface area contributed by atoms with Crippen molar-refractivity contribution in [3.05, 3.63) is 59.9 Å². The Morgan fingerprint density at radius 2 is 1.90 bits per heavy atom. The molecule has 0 radical (unpaired) electrons. The molecule has 1 aliphatic heterocycles. The number of hydrogen-bond donors (Lipinski definition) is 3. The zero-order valence-corrected chi connectivity index (χ0v) is 18.0. The van der Waals surface area contributed by atoms with Crippen LogP contribution in [-0.4, -0.2) is 79.6 Å². The van der Waals surface area contributed by atoms with Crippen molar-refractivity contribution in [1.82, 2.24) is 14.6 Å².